The van der Waals surface area contributed by atoms with E-state index in [-0.39, 0.29) is 16.3 Å². The van der Waals surface area contributed by atoms with Crippen LogP contribution >= 0.6 is 11.6 Å². The number of benzene rings is 2. The molecule has 25 heavy (non-hydrogen) atoms. The highest BCUT2D eigenvalue weighted by molar-refractivity contribution is 7.92. The molecule has 3 rings (SSSR count). The Bertz CT molecular complexity index is 901. The monoisotopic (exact) mass is 382 g/mol. The lowest BCUT2D eigenvalue weighted by Crippen LogP contribution is -2.38. The van der Waals surface area contributed by atoms with Crippen LogP contribution in [0.5, 0.6) is 0 Å². The van der Waals surface area contributed by atoms with Crippen molar-refractivity contribution in [1.29, 1.82) is 0 Å². The lowest BCUT2D eigenvalue weighted by molar-refractivity contribution is 0.102. The van der Waals surface area contributed by atoms with Gasteiger partial charge in [0.1, 0.15) is 5.82 Å². The van der Waals surface area contributed by atoms with Gasteiger partial charge >= 0.3 is 0 Å². The number of hydrogen-bond donors (Lipinski definition) is 1. The predicted molar refractivity (Wildman–Crippen MR) is 96.2 cm³/mol. The first-order chi connectivity index (χ1) is 11.9. The second-order valence-corrected chi connectivity index (χ2v) is 8.14. The van der Waals surface area contributed by atoms with Gasteiger partial charge in [-0.05, 0) is 55.3 Å². The molecule has 1 amide bonds. The number of amides is 1. The Labute approximate surface area is 150 Å². The van der Waals surface area contributed by atoms with Crippen LogP contribution in [0.1, 0.15) is 23.2 Å². The van der Waals surface area contributed by atoms with Crippen molar-refractivity contribution in [1.82, 2.24) is 0 Å². The topological polar surface area (TPSA) is 66.5 Å². The van der Waals surface area contributed by atoms with Gasteiger partial charge in [-0.2, -0.15) is 0 Å². The quantitative estimate of drug-likeness (QED) is 0.880. The molecular weight excluding hydrogens is 367 g/mol. The fourth-order valence-corrected chi connectivity index (χ4v) is 4.49. The molecule has 2 aromatic rings. The Kier molecular flexibility index (Phi) is 4.96. The van der Waals surface area contributed by atoms with Crippen LogP contribution in [-0.2, 0) is 10.0 Å². The largest absolute Gasteiger partial charge is 0.322 e. The first-order valence-electron chi connectivity index (χ1n) is 7.74. The fraction of sp³-hybridized carbons (Fsp3) is 0.235. The molecule has 0 spiro atoms. The summed E-state index contributed by atoms with van der Waals surface area (Å²) in [6.45, 7) is 0.378. The molecular formula is C17H16ClFN2O3S. The number of sulfonamides is 1. The summed E-state index contributed by atoms with van der Waals surface area (Å²) in [6.07, 6.45) is 1.39. The minimum absolute atomic E-state index is 0.0900. The second-order valence-electron chi connectivity index (χ2n) is 5.72. The molecule has 8 heteroatoms. The molecule has 1 heterocycles. The van der Waals surface area contributed by atoms with Gasteiger partial charge in [0.2, 0.25) is 10.0 Å². The summed E-state index contributed by atoms with van der Waals surface area (Å²) in [6, 6.07) is 9.87. The van der Waals surface area contributed by atoms with Crippen molar-refractivity contribution in [3.63, 3.8) is 0 Å². The Hall–Kier alpha value is -2.12. The number of carbonyl (C=O) groups excluding carboxylic acids is 1. The number of rotatable bonds is 3. The summed E-state index contributed by atoms with van der Waals surface area (Å²) in [5.41, 5.74) is 0.982. The smallest absolute Gasteiger partial charge is 0.257 e. The Morgan fingerprint density at radius 3 is 2.52 bits per heavy atom. The van der Waals surface area contributed by atoms with Gasteiger partial charge in [0.25, 0.3) is 5.91 Å². The van der Waals surface area contributed by atoms with E-state index in [2.05, 4.69) is 5.32 Å². The molecule has 1 saturated heterocycles. The van der Waals surface area contributed by atoms with E-state index in [4.69, 9.17) is 11.6 Å². The van der Waals surface area contributed by atoms with E-state index in [1.807, 2.05) is 0 Å². The molecule has 1 aliphatic heterocycles. The van der Waals surface area contributed by atoms with Gasteiger partial charge in [0.15, 0.2) is 0 Å². The van der Waals surface area contributed by atoms with Crippen LogP contribution in [0.3, 0.4) is 0 Å². The molecule has 1 fully saturated rings. The zero-order chi connectivity index (χ0) is 18.0. The molecule has 0 unspecified atom stereocenters. The summed E-state index contributed by atoms with van der Waals surface area (Å²) in [5.74, 6) is -0.812. The maximum Gasteiger partial charge on any atom is 0.257 e. The maximum absolute atomic E-state index is 12.9. The molecule has 0 aliphatic carbocycles. The Balaban J connectivity index is 1.88. The molecule has 1 N–H and O–H groups in total. The molecule has 0 radical (unpaired) electrons. The van der Waals surface area contributed by atoms with Crippen LogP contribution in [0, 0.1) is 5.82 Å². The van der Waals surface area contributed by atoms with Crippen LogP contribution in [0.4, 0.5) is 15.8 Å². The maximum atomic E-state index is 12.9. The number of halogens is 2. The van der Waals surface area contributed by atoms with E-state index in [1.54, 1.807) is 6.07 Å². The van der Waals surface area contributed by atoms with Gasteiger partial charge < -0.3 is 5.32 Å². The van der Waals surface area contributed by atoms with Crippen LogP contribution in [0.25, 0.3) is 0 Å². The van der Waals surface area contributed by atoms with Gasteiger partial charge in [-0.25, -0.2) is 12.8 Å². The third-order valence-electron chi connectivity index (χ3n) is 3.93. The van der Waals surface area contributed by atoms with Crippen molar-refractivity contribution in [2.24, 2.45) is 0 Å². The van der Waals surface area contributed by atoms with Crippen molar-refractivity contribution >= 4 is 38.9 Å². The first-order valence-corrected chi connectivity index (χ1v) is 9.72. The third-order valence-corrected chi connectivity index (χ3v) is 6.13. The molecule has 0 atom stereocenters. The standard InChI is InChI=1S/C17H16ClFN2O3S/c18-16-8-7-14(21-9-1-2-10-25(21,23)24)11-15(16)17(22)20-13-5-3-12(19)4-6-13/h3-8,11H,1-2,9-10H2,(H,20,22). The lowest BCUT2D eigenvalue weighted by Gasteiger charge is -2.28. The van der Waals surface area contributed by atoms with Crippen LogP contribution in [0.2, 0.25) is 5.02 Å². The van der Waals surface area contributed by atoms with E-state index in [0.29, 0.717) is 24.3 Å². The van der Waals surface area contributed by atoms with E-state index in [1.165, 1.54) is 40.7 Å². The van der Waals surface area contributed by atoms with Gasteiger partial charge in [-0.1, -0.05) is 11.6 Å². The van der Waals surface area contributed by atoms with E-state index in [0.717, 1.165) is 6.42 Å². The van der Waals surface area contributed by atoms with E-state index >= 15 is 0 Å². The van der Waals surface area contributed by atoms with Crippen molar-refractivity contribution in [2.75, 3.05) is 21.9 Å². The summed E-state index contributed by atoms with van der Waals surface area (Å²) < 4.78 is 38.7. The van der Waals surface area contributed by atoms with E-state index < -0.39 is 21.7 Å². The molecule has 0 aromatic heterocycles. The minimum atomic E-state index is -3.38. The highest BCUT2D eigenvalue weighted by atomic mass is 35.5. The van der Waals surface area contributed by atoms with Crippen molar-refractivity contribution in [3.05, 3.63) is 58.9 Å². The van der Waals surface area contributed by atoms with Crippen LogP contribution in [-0.4, -0.2) is 26.6 Å². The third kappa shape index (κ3) is 3.93. The van der Waals surface area contributed by atoms with Crippen molar-refractivity contribution < 1.29 is 17.6 Å². The van der Waals surface area contributed by atoms with Crippen molar-refractivity contribution in [3.8, 4) is 0 Å². The summed E-state index contributed by atoms with van der Waals surface area (Å²) in [5, 5.41) is 2.83. The highest BCUT2D eigenvalue weighted by Crippen LogP contribution is 2.28. The van der Waals surface area contributed by atoms with Gasteiger partial charge in [0.05, 0.1) is 22.0 Å². The molecule has 0 bridgehead atoms. The number of nitrogens with zero attached hydrogens (tertiary/aromatic N) is 1. The summed E-state index contributed by atoms with van der Waals surface area (Å²) in [7, 11) is -3.38. The molecule has 0 saturated carbocycles. The number of nitrogens with one attached hydrogen (secondary N) is 1. The Morgan fingerprint density at radius 2 is 1.84 bits per heavy atom. The predicted octanol–water partition coefficient (Wildman–Crippen LogP) is 3.66. The average Bonchev–Trinajstić information content (AvgIpc) is 2.57. The summed E-state index contributed by atoms with van der Waals surface area (Å²) >= 11 is 6.10. The highest BCUT2D eigenvalue weighted by Gasteiger charge is 2.27. The molecule has 132 valence electrons. The van der Waals surface area contributed by atoms with Gasteiger partial charge in [-0.3, -0.25) is 9.10 Å². The van der Waals surface area contributed by atoms with Crippen LogP contribution in [0.15, 0.2) is 42.5 Å². The first kappa shape index (κ1) is 17.7. The van der Waals surface area contributed by atoms with Crippen LogP contribution < -0.4 is 9.62 Å². The van der Waals surface area contributed by atoms with E-state index in [9.17, 15) is 17.6 Å². The number of hydrogen-bond acceptors (Lipinski definition) is 3. The van der Waals surface area contributed by atoms with Gasteiger partial charge in [-0.15, -0.1) is 0 Å². The minimum Gasteiger partial charge on any atom is -0.322 e. The summed E-state index contributed by atoms with van der Waals surface area (Å²) in [4.78, 5) is 12.5. The average molecular weight is 383 g/mol. The SMILES string of the molecule is O=C(Nc1ccc(F)cc1)c1cc(N2CCCCS2(=O)=O)ccc1Cl. The molecule has 2 aromatic carbocycles. The van der Waals surface area contributed by atoms with Gasteiger partial charge in [0, 0.05) is 12.2 Å². The Morgan fingerprint density at radius 1 is 1.12 bits per heavy atom. The fourth-order valence-electron chi connectivity index (χ4n) is 2.65. The zero-order valence-electron chi connectivity index (χ0n) is 13.2. The molecule has 5 nitrogen and oxygen atoms in total. The zero-order valence-corrected chi connectivity index (χ0v) is 14.8. The number of carbonyl (C=O) groups is 1. The number of anilines is 2. The van der Waals surface area contributed by atoms with Crippen molar-refractivity contribution in [2.45, 2.75) is 12.8 Å². The second kappa shape index (κ2) is 7.01. The lowest BCUT2D eigenvalue weighted by atomic mass is 10.1. The normalized spacial score (nSPS) is 16.5. The molecule has 1 aliphatic rings.